The van der Waals surface area contributed by atoms with Crippen LogP contribution < -0.4 is 24.4 Å². The van der Waals surface area contributed by atoms with Gasteiger partial charge in [0.25, 0.3) is 5.91 Å². The number of piperidine rings is 1. The van der Waals surface area contributed by atoms with Crippen molar-refractivity contribution < 1.29 is 19.0 Å². The zero-order valence-electron chi connectivity index (χ0n) is 15.8. The Hall–Kier alpha value is -3.03. The van der Waals surface area contributed by atoms with Gasteiger partial charge in [0.1, 0.15) is 5.69 Å². The summed E-state index contributed by atoms with van der Waals surface area (Å²) in [5.74, 6) is 1.65. The number of carbonyl (C=O) groups excluding carboxylic acids is 1. The van der Waals surface area contributed by atoms with Crippen molar-refractivity contribution in [2.75, 3.05) is 44.6 Å². The minimum Gasteiger partial charge on any atom is -0.493 e. The van der Waals surface area contributed by atoms with E-state index in [-0.39, 0.29) is 5.91 Å². The lowest BCUT2D eigenvalue weighted by molar-refractivity contribution is 0.102. The van der Waals surface area contributed by atoms with E-state index in [4.69, 9.17) is 14.2 Å². The monoisotopic (exact) mass is 372 g/mol. The SMILES string of the molecule is COc1cc(NC(=O)c2ccnc(N3CCCCC3)n2)cc(OC)c1OC. The maximum atomic E-state index is 12.7. The van der Waals surface area contributed by atoms with Gasteiger partial charge >= 0.3 is 0 Å². The molecule has 27 heavy (non-hydrogen) atoms. The third-order valence-electron chi connectivity index (χ3n) is 4.44. The number of hydrogen-bond donors (Lipinski definition) is 1. The minimum atomic E-state index is -0.329. The molecule has 3 rings (SSSR count). The summed E-state index contributed by atoms with van der Waals surface area (Å²) in [5, 5.41) is 2.83. The first kappa shape index (κ1) is 18.8. The van der Waals surface area contributed by atoms with E-state index in [9.17, 15) is 4.79 Å². The topological polar surface area (TPSA) is 85.8 Å². The van der Waals surface area contributed by atoms with Gasteiger partial charge < -0.3 is 24.4 Å². The molecule has 8 heteroatoms. The van der Waals surface area contributed by atoms with Crippen molar-refractivity contribution in [1.82, 2.24) is 9.97 Å². The fraction of sp³-hybridized carbons (Fsp3) is 0.421. The summed E-state index contributed by atoms with van der Waals surface area (Å²) in [4.78, 5) is 23.5. The van der Waals surface area contributed by atoms with Gasteiger partial charge in [-0.3, -0.25) is 4.79 Å². The Bertz CT molecular complexity index is 781. The normalized spacial score (nSPS) is 13.8. The summed E-state index contributed by atoms with van der Waals surface area (Å²) < 4.78 is 15.9. The molecule has 1 aromatic carbocycles. The summed E-state index contributed by atoms with van der Waals surface area (Å²) in [5.41, 5.74) is 0.826. The third-order valence-corrected chi connectivity index (χ3v) is 4.44. The van der Waals surface area contributed by atoms with E-state index in [0.717, 1.165) is 25.9 Å². The highest BCUT2D eigenvalue weighted by molar-refractivity contribution is 6.03. The van der Waals surface area contributed by atoms with Crippen molar-refractivity contribution in [2.24, 2.45) is 0 Å². The number of rotatable bonds is 6. The number of nitrogens with one attached hydrogen (secondary N) is 1. The van der Waals surface area contributed by atoms with Gasteiger partial charge in [-0.05, 0) is 25.3 Å². The molecule has 1 saturated heterocycles. The van der Waals surface area contributed by atoms with E-state index in [1.807, 2.05) is 0 Å². The Balaban J connectivity index is 1.81. The number of aromatic nitrogens is 2. The first-order valence-electron chi connectivity index (χ1n) is 8.85. The van der Waals surface area contributed by atoms with Crippen LogP contribution in [0.25, 0.3) is 0 Å². The zero-order chi connectivity index (χ0) is 19.2. The van der Waals surface area contributed by atoms with Gasteiger partial charge in [0, 0.05) is 37.1 Å². The van der Waals surface area contributed by atoms with Gasteiger partial charge in [-0.1, -0.05) is 0 Å². The second kappa shape index (κ2) is 8.57. The molecule has 0 atom stereocenters. The first-order valence-corrected chi connectivity index (χ1v) is 8.85. The van der Waals surface area contributed by atoms with Crippen LogP contribution in [-0.4, -0.2) is 50.3 Å². The van der Waals surface area contributed by atoms with Crippen molar-refractivity contribution >= 4 is 17.5 Å². The Kier molecular flexibility index (Phi) is 5.95. The molecule has 2 aromatic rings. The molecule has 1 fully saturated rings. The van der Waals surface area contributed by atoms with Crippen LogP contribution in [-0.2, 0) is 0 Å². The van der Waals surface area contributed by atoms with E-state index in [1.54, 1.807) is 24.4 Å². The highest BCUT2D eigenvalue weighted by Gasteiger charge is 2.18. The second-order valence-electron chi connectivity index (χ2n) is 6.16. The minimum absolute atomic E-state index is 0.305. The van der Waals surface area contributed by atoms with Crippen LogP contribution in [0.2, 0.25) is 0 Å². The molecule has 0 spiro atoms. The van der Waals surface area contributed by atoms with Gasteiger partial charge in [-0.2, -0.15) is 0 Å². The smallest absolute Gasteiger partial charge is 0.274 e. The van der Waals surface area contributed by atoms with E-state index in [0.29, 0.717) is 34.6 Å². The molecule has 8 nitrogen and oxygen atoms in total. The Labute approximate surface area is 158 Å². The maximum Gasteiger partial charge on any atom is 0.274 e. The Morgan fingerprint density at radius 3 is 2.30 bits per heavy atom. The lowest BCUT2D eigenvalue weighted by Crippen LogP contribution is -2.31. The molecule has 0 aliphatic carbocycles. The summed E-state index contributed by atoms with van der Waals surface area (Å²) in [6.07, 6.45) is 5.06. The van der Waals surface area contributed by atoms with Gasteiger partial charge in [0.15, 0.2) is 11.5 Å². The van der Waals surface area contributed by atoms with Crippen LogP contribution in [0.15, 0.2) is 24.4 Å². The maximum absolute atomic E-state index is 12.7. The molecule has 0 unspecified atom stereocenters. The first-order chi connectivity index (χ1) is 13.2. The molecule has 1 aliphatic heterocycles. The summed E-state index contributed by atoms with van der Waals surface area (Å²) in [6, 6.07) is 4.94. The van der Waals surface area contributed by atoms with Crippen molar-refractivity contribution in [2.45, 2.75) is 19.3 Å². The predicted molar refractivity (Wildman–Crippen MR) is 102 cm³/mol. The van der Waals surface area contributed by atoms with Crippen LogP contribution >= 0.6 is 0 Å². The van der Waals surface area contributed by atoms with Gasteiger partial charge in [-0.15, -0.1) is 0 Å². The number of benzene rings is 1. The van der Waals surface area contributed by atoms with Crippen LogP contribution in [0, 0.1) is 0 Å². The largest absolute Gasteiger partial charge is 0.493 e. The molecule has 0 radical (unpaired) electrons. The number of amides is 1. The van der Waals surface area contributed by atoms with Gasteiger partial charge in [0.2, 0.25) is 11.7 Å². The molecule has 2 heterocycles. The van der Waals surface area contributed by atoms with Crippen molar-refractivity contribution in [3.05, 3.63) is 30.1 Å². The molecular formula is C19H24N4O4. The number of nitrogens with zero attached hydrogens (tertiary/aromatic N) is 3. The average molecular weight is 372 g/mol. The number of hydrogen-bond acceptors (Lipinski definition) is 7. The fourth-order valence-corrected chi connectivity index (χ4v) is 3.07. The lowest BCUT2D eigenvalue weighted by atomic mass is 10.1. The molecule has 1 aromatic heterocycles. The van der Waals surface area contributed by atoms with E-state index in [2.05, 4.69) is 20.2 Å². The molecule has 0 saturated carbocycles. The van der Waals surface area contributed by atoms with Crippen LogP contribution in [0.5, 0.6) is 17.2 Å². The second-order valence-corrected chi connectivity index (χ2v) is 6.16. The highest BCUT2D eigenvalue weighted by atomic mass is 16.5. The van der Waals surface area contributed by atoms with Crippen LogP contribution in [0.1, 0.15) is 29.8 Å². The molecule has 144 valence electrons. The van der Waals surface area contributed by atoms with Crippen molar-refractivity contribution in [3.63, 3.8) is 0 Å². The fourth-order valence-electron chi connectivity index (χ4n) is 3.07. The van der Waals surface area contributed by atoms with Crippen molar-refractivity contribution in [3.8, 4) is 17.2 Å². The van der Waals surface area contributed by atoms with Crippen molar-refractivity contribution in [1.29, 1.82) is 0 Å². The van der Waals surface area contributed by atoms with E-state index >= 15 is 0 Å². The van der Waals surface area contributed by atoms with Crippen LogP contribution in [0.3, 0.4) is 0 Å². The summed E-state index contributed by atoms with van der Waals surface area (Å²) in [6.45, 7) is 1.83. The van der Waals surface area contributed by atoms with Gasteiger partial charge in [-0.25, -0.2) is 9.97 Å². The molecule has 1 N–H and O–H groups in total. The van der Waals surface area contributed by atoms with E-state index < -0.39 is 0 Å². The molecule has 1 aliphatic rings. The van der Waals surface area contributed by atoms with Gasteiger partial charge in [0.05, 0.1) is 21.3 Å². The highest BCUT2D eigenvalue weighted by Crippen LogP contribution is 2.40. The number of anilines is 2. The number of ether oxygens (including phenoxy) is 3. The lowest BCUT2D eigenvalue weighted by Gasteiger charge is -2.26. The number of methoxy groups -OCH3 is 3. The Morgan fingerprint density at radius 1 is 1.04 bits per heavy atom. The predicted octanol–water partition coefficient (Wildman–Crippen LogP) is 2.75. The average Bonchev–Trinajstić information content (AvgIpc) is 2.73. The summed E-state index contributed by atoms with van der Waals surface area (Å²) >= 11 is 0. The standard InChI is InChI=1S/C19H24N4O4/c1-25-15-11-13(12-16(26-2)17(15)27-3)21-18(24)14-7-8-20-19(22-14)23-9-5-4-6-10-23/h7-8,11-12H,4-6,9-10H2,1-3H3,(H,21,24). The third kappa shape index (κ3) is 4.21. The molecular weight excluding hydrogens is 348 g/mol. The summed E-state index contributed by atoms with van der Waals surface area (Å²) in [7, 11) is 4.58. The molecule has 0 bridgehead atoms. The number of carbonyl (C=O) groups is 1. The quantitative estimate of drug-likeness (QED) is 0.834. The zero-order valence-corrected chi connectivity index (χ0v) is 15.8. The molecule has 1 amide bonds. The van der Waals surface area contributed by atoms with Crippen LogP contribution in [0.4, 0.5) is 11.6 Å². The van der Waals surface area contributed by atoms with E-state index in [1.165, 1.54) is 27.8 Å². The Morgan fingerprint density at radius 2 is 1.70 bits per heavy atom.